The molecule has 0 fully saturated rings. The van der Waals surface area contributed by atoms with Crippen LogP contribution in [-0.4, -0.2) is 18.1 Å². The molecule has 1 aromatic heterocycles. The molecule has 0 spiro atoms. The summed E-state index contributed by atoms with van der Waals surface area (Å²) in [4.78, 5) is 4.26. The Morgan fingerprint density at radius 1 is 1.38 bits per heavy atom. The first-order chi connectivity index (χ1) is 6.11. The summed E-state index contributed by atoms with van der Waals surface area (Å²) in [5.41, 5.74) is 1.15. The van der Waals surface area contributed by atoms with Crippen LogP contribution in [0.1, 0.15) is 19.4 Å². The molecule has 0 aliphatic rings. The van der Waals surface area contributed by atoms with Crippen molar-refractivity contribution in [1.82, 2.24) is 4.98 Å². The first-order valence-electron chi connectivity index (χ1n) is 4.41. The molecule has 72 valence electrons. The summed E-state index contributed by atoms with van der Waals surface area (Å²) in [6, 6.07) is 4.30. The molecule has 3 heteroatoms. The zero-order valence-corrected chi connectivity index (χ0v) is 8.59. The zero-order chi connectivity index (χ0) is 9.84. The minimum atomic E-state index is 0.388. The van der Waals surface area contributed by atoms with E-state index in [1.54, 1.807) is 7.11 Å². The summed E-state index contributed by atoms with van der Waals surface area (Å²) in [5, 5.41) is 3.23. The number of ether oxygens (including phenoxy) is 1. The van der Waals surface area contributed by atoms with Crippen LogP contribution in [0.2, 0.25) is 0 Å². The monoisotopic (exact) mass is 180 g/mol. The molecule has 3 nitrogen and oxygen atoms in total. The fourth-order valence-electron chi connectivity index (χ4n) is 1.11. The fraction of sp³-hybridized carbons (Fsp3) is 0.500. The van der Waals surface area contributed by atoms with Crippen LogP contribution >= 0.6 is 0 Å². The van der Waals surface area contributed by atoms with Gasteiger partial charge in [-0.15, -0.1) is 0 Å². The molecule has 0 aromatic carbocycles. The van der Waals surface area contributed by atoms with Gasteiger partial charge in [0.15, 0.2) is 0 Å². The molecule has 0 aliphatic heterocycles. The second-order valence-corrected chi connectivity index (χ2v) is 3.37. The first kappa shape index (κ1) is 9.84. The van der Waals surface area contributed by atoms with E-state index < -0.39 is 0 Å². The molecular formula is C10H16N2O. The first-order valence-corrected chi connectivity index (χ1v) is 4.41. The molecule has 0 unspecified atom stereocenters. The highest BCUT2D eigenvalue weighted by Crippen LogP contribution is 2.15. The summed E-state index contributed by atoms with van der Waals surface area (Å²) in [6.07, 6.45) is 0. The van der Waals surface area contributed by atoms with Crippen molar-refractivity contribution in [3.05, 3.63) is 17.7 Å². The molecule has 0 bridgehead atoms. The quantitative estimate of drug-likeness (QED) is 0.774. The molecule has 0 radical (unpaired) electrons. The van der Waals surface area contributed by atoms with E-state index in [4.69, 9.17) is 4.74 Å². The third-order valence-electron chi connectivity index (χ3n) is 1.59. The number of nitrogens with one attached hydrogen (secondary N) is 1. The van der Waals surface area contributed by atoms with Gasteiger partial charge in [-0.05, 0) is 32.4 Å². The van der Waals surface area contributed by atoms with Gasteiger partial charge < -0.3 is 10.1 Å². The van der Waals surface area contributed by atoms with E-state index in [1.807, 2.05) is 19.1 Å². The summed E-state index contributed by atoms with van der Waals surface area (Å²) in [5.74, 6) is 1.52. The second-order valence-electron chi connectivity index (χ2n) is 3.37. The van der Waals surface area contributed by atoms with E-state index in [9.17, 15) is 0 Å². The molecule has 0 atom stereocenters. The summed E-state index contributed by atoms with van der Waals surface area (Å²) < 4.78 is 5.07. The third kappa shape index (κ3) is 2.93. The van der Waals surface area contributed by atoms with Crippen LogP contribution in [0.4, 0.5) is 5.82 Å². The lowest BCUT2D eigenvalue weighted by Crippen LogP contribution is -2.11. The van der Waals surface area contributed by atoms with Gasteiger partial charge in [-0.2, -0.15) is 4.98 Å². The van der Waals surface area contributed by atoms with Gasteiger partial charge in [-0.3, -0.25) is 0 Å². The number of aryl methyl sites for hydroxylation is 1. The lowest BCUT2D eigenvalue weighted by molar-refractivity contribution is 0.398. The van der Waals surface area contributed by atoms with Crippen LogP contribution in [0.3, 0.4) is 0 Å². The van der Waals surface area contributed by atoms with Crippen LogP contribution in [0.15, 0.2) is 12.1 Å². The van der Waals surface area contributed by atoms with Crippen molar-refractivity contribution in [2.45, 2.75) is 26.8 Å². The van der Waals surface area contributed by atoms with Crippen molar-refractivity contribution < 1.29 is 4.74 Å². The Labute approximate surface area is 79.1 Å². The largest absolute Gasteiger partial charge is 0.481 e. The van der Waals surface area contributed by atoms with Crippen LogP contribution in [0.5, 0.6) is 5.88 Å². The lowest BCUT2D eigenvalue weighted by Gasteiger charge is -2.10. The summed E-state index contributed by atoms with van der Waals surface area (Å²) in [6.45, 7) is 6.18. The van der Waals surface area contributed by atoms with Crippen molar-refractivity contribution in [3.8, 4) is 5.88 Å². The topological polar surface area (TPSA) is 34.1 Å². The Hall–Kier alpha value is -1.25. The van der Waals surface area contributed by atoms with E-state index in [0.717, 1.165) is 11.4 Å². The zero-order valence-electron chi connectivity index (χ0n) is 8.59. The Balaban J connectivity index is 2.88. The molecule has 0 saturated carbocycles. The highest BCUT2D eigenvalue weighted by molar-refractivity contribution is 5.41. The maximum Gasteiger partial charge on any atom is 0.215 e. The number of hydrogen-bond donors (Lipinski definition) is 1. The van der Waals surface area contributed by atoms with Gasteiger partial charge in [0.05, 0.1) is 7.11 Å². The minimum Gasteiger partial charge on any atom is -0.481 e. The predicted octanol–water partition coefficient (Wildman–Crippen LogP) is 2.22. The van der Waals surface area contributed by atoms with Gasteiger partial charge in [0.1, 0.15) is 5.82 Å². The number of aromatic nitrogens is 1. The van der Waals surface area contributed by atoms with Gasteiger partial charge in [0.25, 0.3) is 0 Å². The average molecular weight is 180 g/mol. The molecule has 0 aliphatic carbocycles. The highest BCUT2D eigenvalue weighted by Gasteiger charge is 2.00. The predicted molar refractivity (Wildman–Crippen MR) is 54.3 cm³/mol. The van der Waals surface area contributed by atoms with Crippen LogP contribution in [-0.2, 0) is 0 Å². The maximum absolute atomic E-state index is 5.07. The Bertz CT molecular complexity index is 284. The molecule has 0 saturated heterocycles. The van der Waals surface area contributed by atoms with Crippen molar-refractivity contribution >= 4 is 5.82 Å². The van der Waals surface area contributed by atoms with E-state index in [-0.39, 0.29) is 0 Å². The van der Waals surface area contributed by atoms with Crippen molar-refractivity contribution in [1.29, 1.82) is 0 Å². The summed E-state index contributed by atoms with van der Waals surface area (Å²) in [7, 11) is 1.63. The Morgan fingerprint density at radius 2 is 2.08 bits per heavy atom. The molecule has 1 rings (SSSR count). The molecule has 1 N–H and O–H groups in total. The number of rotatable bonds is 3. The SMILES string of the molecule is COc1cc(C)cc(NC(C)C)n1. The molecule has 1 aromatic rings. The standard InChI is InChI=1S/C10H16N2O/c1-7(2)11-9-5-8(3)6-10(12-9)13-4/h5-7H,1-4H3,(H,11,12). The van der Waals surface area contributed by atoms with Crippen LogP contribution in [0, 0.1) is 6.92 Å². The normalized spacial score (nSPS) is 10.2. The number of pyridine rings is 1. The lowest BCUT2D eigenvalue weighted by atomic mass is 10.3. The number of methoxy groups -OCH3 is 1. The average Bonchev–Trinajstić information content (AvgIpc) is 2.01. The number of nitrogens with zero attached hydrogens (tertiary/aromatic N) is 1. The van der Waals surface area contributed by atoms with Gasteiger partial charge in [-0.25, -0.2) is 0 Å². The molecule has 13 heavy (non-hydrogen) atoms. The van der Waals surface area contributed by atoms with Crippen molar-refractivity contribution in [2.24, 2.45) is 0 Å². The van der Waals surface area contributed by atoms with Gasteiger partial charge in [0.2, 0.25) is 5.88 Å². The van der Waals surface area contributed by atoms with Gasteiger partial charge in [-0.1, -0.05) is 0 Å². The van der Waals surface area contributed by atoms with Crippen LogP contribution < -0.4 is 10.1 Å². The van der Waals surface area contributed by atoms with Gasteiger partial charge in [0, 0.05) is 12.1 Å². The minimum absolute atomic E-state index is 0.388. The smallest absolute Gasteiger partial charge is 0.215 e. The Morgan fingerprint density at radius 3 is 2.62 bits per heavy atom. The molecular weight excluding hydrogens is 164 g/mol. The van der Waals surface area contributed by atoms with Gasteiger partial charge >= 0.3 is 0 Å². The van der Waals surface area contributed by atoms with Crippen LogP contribution in [0.25, 0.3) is 0 Å². The molecule has 1 heterocycles. The van der Waals surface area contributed by atoms with E-state index >= 15 is 0 Å². The highest BCUT2D eigenvalue weighted by atomic mass is 16.5. The van der Waals surface area contributed by atoms with E-state index in [0.29, 0.717) is 11.9 Å². The number of anilines is 1. The fourth-order valence-corrected chi connectivity index (χ4v) is 1.11. The summed E-state index contributed by atoms with van der Waals surface area (Å²) >= 11 is 0. The van der Waals surface area contributed by atoms with E-state index in [1.165, 1.54) is 0 Å². The number of hydrogen-bond acceptors (Lipinski definition) is 3. The van der Waals surface area contributed by atoms with E-state index in [2.05, 4.69) is 24.1 Å². The molecule has 0 amide bonds. The Kier molecular flexibility index (Phi) is 3.12. The third-order valence-corrected chi connectivity index (χ3v) is 1.59. The second kappa shape index (κ2) is 4.12. The van der Waals surface area contributed by atoms with Crippen molar-refractivity contribution in [2.75, 3.05) is 12.4 Å². The van der Waals surface area contributed by atoms with Crippen molar-refractivity contribution in [3.63, 3.8) is 0 Å². The maximum atomic E-state index is 5.07.